The highest BCUT2D eigenvalue weighted by Gasteiger charge is 2.13. The predicted molar refractivity (Wildman–Crippen MR) is 110 cm³/mol. The number of aryl methyl sites for hydroxylation is 2. The van der Waals surface area contributed by atoms with Gasteiger partial charge in [0.05, 0.1) is 25.9 Å². The summed E-state index contributed by atoms with van der Waals surface area (Å²) in [6, 6.07) is 12.2. The minimum absolute atomic E-state index is 0.102. The molecule has 7 nitrogen and oxygen atoms in total. The predicted octanol–water partition coefficient (Wildman–Crippen LogP) is 2.09. The summed E-state index contributed by atoms with van der Waals surface area (Å²) >= 11 is 0. The summed E-state index contributed by atoms with van der Waals surface area (Å²) in [7, 11) is 0. The summed E-state index contributed by atoms with van der Waals surface area (Å²) in [6.07, 6.45) is 0.248. The molecule has 2 amide bonds. The highest BCUT2D eigenvalue weighted by atomic mass is 16.5. The van der Waals surface area contributed by atoms with Gasteiger partial charge in [0.2, 0.25) is 6.41 Å². The summed E-state index contributed by atoms with van der Waals surface area (Å²) in [4.78, 5) is 22.6. The minimum atomic E-state index is -0.365. The Bertz CT molecular complexity index is 792. The molecular weight excluding hydrogens is 372 g/mol. The molecule has 3 N–H and O–H groups in total. The van der Waals surface area contributed by atoms with E-state index in [-0.39, 0.29) is 24.3 Å². The number of phenolic OH excluding ortho intramolecular Hbond substituents is 1. The van der Waals surface area contributed by atoms with E-state index in [1.165, 1.54) is 23.3 Å². The van der Waals surface area contributed by atoms with Gasteiger partial charge < -0.3 is 25.2 Å². The second-order valence-electron chi connectivity index (χ2n) is 6.76. The van der Waals surface area contributed by atoms with Crippen LogP contribution in [0.3, 0.4) is 0 Å². The van der Waals surface area contributed by atoms with Crippen LogP contribution in [-0.4, -0.2) is 49.8 Å². The number of rotatable bonds is 12. The van der Waals surface area contributed by atoms with E-state index in [2.05, 4.69) is 36.6 Å². The van der Waals surface area contributed by atoms with E-state index in [9.17, 15) is 14.7 Å². The van der Waals surface area contributed by atoms with Crippen LogP contribution in [0.1, 0.15) is 27.0 Å². The van der Waals surface area contributed by atoms with Crippen molar-refractivity contribution in [1.82, 2.24) is 10.6 Å². The number of carbonyl (C=O) groups is 2. The van der Waals surface area contributed by atoms with E-state index in [1.54, 1.807) is 12.1 Å². The number of amides is 2. The second-order valence-corrected chi connectivity index (χ2v) is 6.76. The Balaban J connectivity index is 1.85. The van der Waals surface area contributed by atoms with Crippen molar-refractivity contribution in [2.24, 2.45) is 0 Å². The summed E-state index contributed by atoms with van der Waals surface area (Å²) in [5.74, 6) is -0.163. The Morgan fingerprint density at radius 1 is 1.14 bits per heavy atom. The van der Waals surface area contributed by atoms with Crippen molar-refractivity contribution in [2.45, 2.75) is 26.6 Å². The van der Waals surface area contributed by atoms with E-state index in [4.69, 9.17) is 9.47 Å². The largest absolute Gasteiger partial charge is 0.508 e. The third-order valence-corrected chi connectivity index (χ3v) is 4.45. The average Bonchev–Trinajstić information content (AvgIpc) is 2.71. The number of carbonyl (C=O) groups excluding carboxylic acids is 2. The number of phenols is 1. The molecule has 0 fully saturated rings. The van der Waals surface area contributed by atoms with Crippen LogP contribution in [0, 0.1) is 13.8 Å². The van der Waals surface area contributed by atoms with Gasteiger partial charge in [0.15, 0.2) is 0 Å². The molecule has 0 radical (unpaired) electrons. The molecule has 0 saturated carbocycles. The lowest BCUT2D eigenvalue weighted by Gasteiger charge is -2.19. The van der Waals surface area contributed by atoms with Crippen molar-refractivity contribution in [3.8, 4) is 5.75 Å². The summed E-state index contributed by atoms with van der Waals surface area (Å²) in [5.41, 5.74) is 3.96. The summed E-state index contributed by atoms with van der Waals surface area (Å²) in [6.45, 7) is 5.81. The Kier molecular flexibility index (Phi) is 9.14. The zero-order valence-electron chi connectivity index (χ0n) is 16.8. The molecule has 0 saturated heterocycles. The third kappa shape index (κ3) is 7.93. The number of benzene rings is 2. The topological polar surface area (TPSA) is 96.9 Å². The van der Waals surface area contributed by atoms with Gasteiger partial charge in [-0.1, -0.05) is 18.2 Å². The van der Waals surface area contributed by atoms with E-state index in [0.29, 0.717) is 38.3 Å². The van der Waals surface area contributed by atoms with Crippen molar-refractivity contribution in [3.63, 3.8) is 0 Å². The Labute approximate surface area is 171 Å². The number of hydrogen-bond donors (Lipinski definition) is 3. The van der Waals surface area contributed by atoms with Crippen LogP contribution in [0.4, 0.5) is 0 Å². The lowest BCUT2D eigenvalue weighted by atomic mass is 10.1. The van der Waals surface area contributed by atoms with Gasteiger partial charge in [0.25, 0.3) is 5.91 Å². The van der Waals surface area contributed by atoms with E-state index >= 15 is 0 Å². The molecule has 29 heavy (non-hydrogen) atoms. The first kappa shape index (κ1) is 22.4. The van der Waals surface area contributed by atoms with Crippen LogP contribution in [0.5, 0.6) is 5.75 Å². The second kappa shape index (κ2) is 11.8. The average molecular weight is 400 g/mol. The fourth-order valence-corrected chi connectivity index (χ4v) is 2.63. The Hall–Kier alpha value is -2.90. The van der Waals surface area contributed by atoms with Crippen molar-refractivity contribution in [2.75, 3.05) is 26.3 Å². The van der Waals surface area contributed by atoms with Crippen LogP contribution >= 0.6 is 0 Å². The van der Waals surface area contributed by atoms with Gasteiger partial charge in [-0.15, -0.1) is 0 Å². The molecule has 0 aliphatic rings. The highest BCUT2D eigenvalue weighted by molar-refractivity contribution is 5.94. The maximum Gasteiger partial charge on any atom is 0.251 e. The van der Waals surface area contributed by atoms with Gasteiger partial charge in [-0.05, 0) is 54.8 Å². The quantitative estimate of drug-likeness (QED) is 0.374. The molecule has 7 heteroatoms. The van der Waals surface area contributed by atoms with Gasteiger partial charge in [-0.2, -0.15) is 0 Å². The van der Waals surface area contributed by atoms with Gasteiger partial charge >= 0.3 is 0 Å². The van der Waals surface area contributed by atoms with Crippen LogP contribution in [-0.2, 0) is 20.9 Å². The summed E-state index contributed by atoms with van der Waals surface area (Å²) in [5, 5.41) is 14.7. The number of aromatic hydroxyl groups is 1. The van der Waals surface area contributed by atoms with Crippen molar-refractivity contribution in [3.05, 3.63) is 64.7 Å². The van der Waals surface area contributed by atoms with Crippen molar-refractivity contribution in [1.29, 1.82) is 0 Å². The number of hydrogen-bond acceptors (Lipinski definition) is 5. The maximum absolute atomic E-state index is 12.3. The molecule has 2 aromatic rings. The Morgan fingerprint density at radius 2 is 1.90 bits per heavy atom. The third-order valence-electron chi connectivity index (χ3n) is 4.45. The summed E-state index contributed by atoms with van der Waals surface area (Å²) < 4.78 is 11.5. The molecule has 1 unspecified atom stereocenters. The molecule has 0 spiro atoms. The SMILES string of the molecule is Cc1ccc(COCC(CNC(=O)c2ccc(O)cc2)OCCNC=O)cc1C. The van der Waals surface area contributed by atoms with Crippen LogP contribution in [0.15, 0.2) is 42.5 Å². The normalized spacial score (nSPS) is 11.7. The highest BCUT2D eigenvalue weighted by Crippen LogP contribution is 2.11. The first-order chi connectivity index (χ1) is 14.0. The lowest BCUT2D eigenvalue weighted by Crippen LogP contribution is -2.37. The van der Waals surface area contributed by atoms with Gasteiger partial charge in [-0.25, -0.2) is 0 Å². The Morgan fingerprint density at radius 3 is 2.59 bits per heavy atom. The van der Waals surface area contributed by atoms with Crippen molar-refractivity contribution < 1.29 is 24.2 Å². The molecular formula is C22H28N2O5. The maximum atomic E-state index is 12.3. The molecule has 2 rings (SSSR count). The molecule has 2 aromatic carbocycles. The van der Waals surface area contributed by atoms with Crippen LogP contribution < -0.4 is 10.6 Å². The fourth-order valence-electron chi connectivity index (χ4n) is 2.63. The lowest BCUT2D eigenvalue weighted by molar-refractivity contribution is -0.110. The monoisotopic (exact) mass is 400 g/mol. The first-order valence-corrected chi connectivity index (χ1v) is 9.49. The van der Waals surface area contributed by atoms with Crippen LogP contribution in [0.25, 0.3) is 0 Å². The van der Waals surface area contributed by atoms with Gasteiger partial charge in [0, 0.05) is 18.7 Å². The fraction of sp³-hybridized carbons (Fsp3) is 0.364. The molecule has 0 heterocycles. The minimum Gasteiger partial charge on any atom is -0.508 e. The smallest absolute Gasteiger partial charge is 0.251 e. The molecule has 0 aliphatic heterocycles. The molecule has 0 bridgehead atoms. The van der Waals surface area contributed by atoms with Gasteiger partial charge in [-0.3, -0.25) is 9.59 Å². The standard InChI is InChI=1S/C22H28N2O5/c1-16-3-4-18(11-17(16)2)13-28-14-21(29-10-9-23-15-25)12-24-22(27)19-5-7-20(26)8-6-19/h3-8,11,15,21,26H,9-10,12-14H2,1-2H3,(H,23,25)(H,24,27). The van der Waals surface area contributed by atoms with E-state index < -0.39 is 0 Å². The molecule has 1 atom stereocenters. The van der Waals surface area contributed by atoms with Crippen molar-refractivity contribution >= 4 is 12.3 Å². The van der Waals surface area contributed by atoms with Crippen LogP contribution in [0.2, 0.25) is 0 Å². The molecule has 156 valence electrons. The number of nitrogens with one attached hydrogen (secondary N) is 2. The zero-order valence-corrected chi connectivity index (χ0v) is 16.8. The zero-order chi connectivity index (χ0) is 21.1. The molecule has 0 aliphatic carbocycles. The van der Waals surface area contributed by atoms with Gasteiger partial charge in [0.1, 0.15) is 5.75 Å². The molecule has 0 aromatic heterocycles. The number of ether oxygens (including phenoxy) is 2. The van der Waals surface area contributed by atoms with E-state index in [0.717, 1.165) is 5.56 Å². The van der Waals surface area contributed by atoms with E-state index in [1.807, 2.05) is 6.07 Å². The first-order valence-electron chi connectivity index (χ1n) is 9.49.